The van der Waals surface area contributed by atoms with Gasteiger partial charge in [-0.2, -0.15) is 13.2 Å². The molecule has 106 valence electrons. The molecule has 0 radical (unpaired) electrons. The van der Waals surface area contributed by atoms with Crippen molar-refractivity contribution in [2.45, 2.75) is 26.6 Å². The van der Waals surface area contributed by atoms with E-state index in [0.717, 1.165) is 11.8 Å². The molecule has 0 fully saturated rings. The predicted molar refractivity (Wildman–Crippen MR) is 70.3 cm³/mol. The first-order valence-electron chi connectivity index (χ1n) is 6.07. The van der Waals surface area contributed by atoms with Crippen LogP contribution >= 0.6 is 0 Å². The molecular formula is C14H14F3N3. The quantitative estimate of drug-likeness (QED) is 0.931. The molecule has 1 aromatic heterocycles. The van der Waals surface area contributed by atoms with Gasteiger partial charge in [0.15, 0.2) is 0 Å². The molecule has 0 saturated heterocycles. The number of alkyl halides is 3. The average Bonchev–Trinajstić information content (AvgIpc) is 2.34. The fourth-order valence-corrected chi connectivity index (χ4v) is 1.94. The van der Waals surface area contributed by atoms with E-state index in [-0.39, 0.29) is 12.1 Å². The molecule has 0 unspecified atom stereocenters. The van der Waals surface area contributed by atoms with Gasteiger partial charge in [-0.1, -0.05) is 18.2 Å². The SMILES string of the molecule is Cc1cc(NCc2ccccc2C(F)(F)F)nc(C)n1. The lowest BCUT2D eigenvalue weighted by atomic mass is 10.1. The van der Waals surface area contributed by atoms with Gasteiger partial charge in [0.1, 0.15) is 11.6 Å². The van der Waals surface area contributed by atoms with Gasteiger partial charge in [0.25, 0.3) is 0 Å². The number of nitrogens with zero attached hydrogens (tertiary/aromatic N) is 2. The Bertz CT molecular complexity index is 589. The lowest BCUT2D eigenvalue weighted by Crippen LogP contribution is -2.12. The van der Waals surface area contributed by atoms with Crippen LogP contribution in [0.3, 0.4) is 0 Å². The van der Waals surface area contributed by atoms with Gasteiger partial charge in [0.05, 0.1) is 5.56 Å². The number of hydrogen-bond donors (Lipinski definition) is 1. The second kappa shape index (κ2) is 5.48. The maximum absolute atomic E-state index is 12.8. The van der Waals surface area contributed by atoms with Crippen molar-refractivity contribution in [1.29, 1.82) is 0 Å². The van der Waals surface area contributed by atoms with Crippen LogP contribution in [0.25, 0.3) is 0 Å². The van der Waals surface area contributed by atoms with Crippen molar-refractivity contribution in [3.8, 4) is 0 Å². The van der Waals surface area contributed by atoms with Gasteiger partial charge in [-0.05, 0) is 25.5 Å². The summed E-state index contributed by atoms with van der Waals surface area (Å²) in [5.74, 6) is 1.10. The Labute approximate surface area is 114 Å². The van der Waals surface area contributed by atoms with Gasteiger partial charge >= 0.3 is 6.18 Å². The van der Waals surface area contributed by atoms with Crippen LogP contribution in [0, 0.1) is 13.8 Å². The van der Waals surface area contributed by atoms with Crippen LogP contribution in [0.2, 0.25) is 0 Å². The van der Waals surface area contributed by atoms with E-state index in [2.05, 4.69) is 15.3 Å². The van der Waals surface area contributed by atoms with E-state index in [0.29, 0.717) is 11.6 Å². The Balaban J connectivity index is 2.19. The summed E-state index contributed by atoms with van der Waals surface area (Å²) >= 11 is 0. The standard InChI is InChI=1S/C14H14F3N3/c1-9-7-13(20-10(2)19-9)18-8-11-5-3-4-6-12(11)14(15,16)17/h3-7H,8H2,1-2H3,(H,18,19,20). The molecule has 3 nitrogen and oxygen atoms in total. The van der Waals surface area contributed by atoms with Crippen LogP contribution in [0.15, 0.2) is 30.3 Å². The third-order valence-corrected chi connectivity index (χ3v) is 2.75. The minimum atomic E-state index is -4.35. The molecule has 20 heavy (non-hydrogen) atoms. The van der Waals surface area contributed by atoms with Crippen molar-refractivity contribution in [2.75, 3.05) is 5.32 Å². The highest BCUT2D eigenvalue weighted by atomic mass is 19.4. The number of halogens is 3. The molecule has 0 aliphatic heterocycles. The number of aromatic nitrogens is 2. The number of anilines is 1. The largest absolute Gasteiger partial charge is 0.416 e. The Morgan fingerprint density at radius 2 is 1.80 bits per heavy atom. The summed E-state index contributed by atoms with van der Waals surface area (Å²) in [6.07, 6.45) is -4.35. The van der Waals surface area contributed by atoms with E-state index >= 15 is 0 Å². The van der Waals surface area contributed by atoms with Gasteiger partial charge in [-0.15, -0.1) is 0 Å². The van der Waals surface area contributed by atoms with Crippen molar-refractivity contribution < 1.29 is 13.2 Å². The first-order chi connectivity index (χ1) is 9.36. The number of nitrogens with one attached hydrogen (secondary N) is 1. The molecule has 0 amide bonds. The molecule has 0 aliphatic rings. The second-order valence-electron chi connectivity index (χ2n) is 4.45. The van der Waals surface area contributed by atoms with Crippen molar-refractivity contribution >= 4 is 5.82 Å². The van der Waals surface area contributed by atoms with E-state index < -0.39 is 11.7 Å². The van der Waals surface area contributed by atoms with Crippen LogP contribution in [0.1, 0.15) is 22.6 Å². The summed E-state index contributed by atoms with van der Waals surface area (Å²) in [5, 5.41) is 2.90. The molecule has 1 heterocycles. The monoisotopic (exact) mass is 281 g/mol. The fraction of sp³-hybridized carbons (Fsp3) is 0.286. The van der Waals surface area contributed by atoms with E-state index in [1.807, 2.05) is 6.92 Å². The summed E-state index contributed by atoms with van der Waals surface area (Å²) in [6.45, 7) is 3.61. The molecule has 0 atom stereocenters. The molecular weight excluding hydrogens is 267 g/mol. The van der Waals surface area contributed by atoms with Gasteiger partial charge in [-0.3, -0.25) is 0 Å². The zero-order valence-corrected chi connectivity index (χ0v) is 11.1. The third kappa shape index (κ3) is 3.46. The summed E-state index contributed by atoms with van der Waals surface area (Å²) in [5.41, 5.74) is 0.327. The minimum absolute atomic E-state index is 0.0611. The van der Waals surface area contributed by atoms with Crippen LogP contribution in [0.4, 0.5) is 19.0 Å². The molecule has 1 aromatic carbocycles. The van der Waals surface area contributed by atoms with Crippen molar-refractivity contribution in [1.82, 2.24) is 9.97 Å². The topological polar surface area (TPSA) is 37.8 Å². The zero-order chi connectivity index (χ0) is 14.8. The van der Waals surface area contributed by atoms with Crippen LogP contribution in [-0.4, -0.2) is 9.97 Å². The van der Waals surface area contributed by atoms with Crippen LogP contribution < -0.4 is 5.32 Å². The highest BCUT2D eigenvalue weighted by Crippen LogP contribution is 2.32. The number of aryl methyl sites for hydroxylation is 2. The highest BCUT2D eigenvalue weighted by Gasteiger charge is 2.32. The van der Waals surface area contributed by atoms with E-state index in [1.54, 1.807) is 19.1 Å². The Morgan fingerprint density at radius 3 is 2.45 bits per heavy atom. The normalized spacial score (nSPS) is 11.4. The molecule has 0 aliphatic carbocycles. The number of rotatable bonds is 3. The summed E-state index contributed by atoms with van der Waals surface area (Å²) in [4.78, 5) is 8.25. The van der Waals surface area contributed by atoms with Gasteiger partial charge in [0.2, 0.25) is 0 Å². The van der Waals surface area contributed by atoms with Crippen LogP contribution in [0.5, 0.6) is 0 Å². The lowest BCUT2D eigenvalue weighted by Gasteiger charge is -2.13. The average molecular weight is 281 g/mol. The van der Waals surface area contributed by atoms with Gasteiger partial charge in [-0.25, -0.2) is 9.97 Å². The molecule has 1 N–H and O–H groups in total. The molecule has 2 rings (SSSR count). The fourth-order valence-electron chi connectivity index (χ4n) is 1.94. The number of hydrogen-bond acceptors (Lipinski definition) is 3. The second-order valence-corrected chi connectivity index (χ2v) is 4.45. The lowest BCUT2D eigenvalue weighted by molar-refractivity contribution is -0.138. The molecule has 0 saturated carbocycles. The van der Waals surface area contributed by atoms with E-state index in [1.165, 1.54) is 12.1 Å². The van der Waals surface area contributed by atoms with Crippen molar-refractivity contribution in [2.24, 2.45) is 0 Å². The molecule has 2 aromatic rings. The molecule has 0 spiro atoms. The van der Waals surface area contributed by atoms with Gasteiger partial charge < -0.3 is 5.32 Å². The third-order valence-electron chi connectivity index (χ3n) is 2.75. The summed E-state index contributed by atoms with van der Waals surface area (Å²) < 4.78 is 38.5. The van der Waals surface area contributed by atoms with Gasteiger partial charge in [0, 0.05) is 18.3 Å². The number of benzene rings is 1. The maximum atomic E-state index is 12.8. The molecule has 6 heteroatoms. The van der Waals surface area contributed by atoms with E-state index in [9.17, 15) is 13.2 Å². The first kappa shape index (κ1) is 14.3. The minimum Gasteiger partial charge on any atom is -0.366 e. The van der Waals surface area contributed by atoms with Crippen molar-refractivity contribution in [3.63, 3.8) is 0 Å². The molecule has 0 bridgehead atoms. The zero-order valence-electron chi connectivity index (χ0n) is 11.1. The highest BCUT2D eigenvalue weighted by molar-refractivity contribution is 5.39. The summed E-state index contributed by atoms with van der Waals surface area (Å²) in [6, 6.07) is 7.20. The van der Waals surface area contributed by atoms with Crippen molar-refractivity contribution in [3.05, 3.63) is 53.0 Å². The Kier molecular flexibility index (Phi) is 3.92. The Morgan fingerprint density at radius 1 is 1.10 bits per heavy atom. The van der Waals surface area contributed by atoms with Crippen LogP contribution in [-0.2, 0) is 12.7 Å². The maximum Gasteiger partial charge on any atom is 0.416 e. The first-order valence-corrected chi connectivity index (χ1v) is 6.07. The summed E-state index contributed by atoms with van der Waals surface area (Å²) in [7, 11) is 0. The predicted octanol–water partition coefficient (Wildman–Crippen LogP) is 3.72. The Hall–Kier alpha value is -2.11. The van der Waals surface area contributed by atoms with E-state index in [4.69, 9.17) is 0 Å². The smallest absolute Gasteiger partial charge is 0.366 e.